The van der Waals surface area contributed by atoms with Crippen LogP contribution in [0.15, 0.2) is 76.2 Å². The highest BCUT2D eigenvalue weighted by Gasteiger charge is 2.18. The summed E-state index contributed by atoms with van der Waals surface area (Å²) < 4.78 is 34.4. The molecule has 0 spiro atoms. The molecule has 9 nitrogen and oxygen atoms in total. The standard InChI is InChI=1S/C23H16F2N6O3/c24-16-9-8-15(18(25)11-16)12-26-19(32)13-31-23(33)30-10-4-7-17(21(30)28-31)22-27-20(29-34-22)14-5-2-1-3-6-14/h1-11H,12-13H2,(H,26,32). The first-order chi connectivity index (χ1) is 16.5. The second-order valence-corrected chi connectivity index (χ2v) is 7.36. The van der Waals surface area contributed by atoms with Crippen LogP contribution in [0.3, 0.4) is 0 Å². The van der Waals surface area contributed by atoms with Crippen molar-refractivity contribution in [2.24, 2.45) is 0 Å². The van der Waals surface area contributed by atoms with Gasteiger partial charge in [0.1, 0.15) is 18.2 Å². The molecule has 0 aliphatic heterocycles. The number of benzene rings is 2. The van der Waals surface area contributed by atoms with Gasteiger partial charge in [-0.3, -0.25) is 4.79 Å². The van der Waals surface area contributed by atoms with Gasteiger partial charge in [0.05, 0.1) is 5.56 Å². The number of hydrogen-bond donors (Lipinski definition) is 1. The first kappa shape index (κ1) is 21.2. The first-order valence-corrected chi connectivity index (χ1v) is 10.2. The highest BCUT2D eigenvalue weighted by atomic mass is 19.1. The molecule has 0 atom stereocenters. The van der Waals surface area contributed by atoms with E-state index in [-0.39, 0.29) is 23.6 Å². The van der Waals surface area contributed by atoms with Gasteiger partial charge in [0.2, 0.25) is 11.7 Å². The van der Waals surface area contributed by atoms with Crippen molar-refractivity contribution in [3.8, 4) is 22.8 Å². The summed E-state index contributed by atoms with van der Waals surface area (Å²) in [7, 11) is 0. The molecule has 170 valence electrons. The first-order valence-electron chi connectivity index (χ1n) is 10.2. The fourth-order valence-corrected chi connectivity index (χ4v) is 3.40. The largest absolute Gasteiger partial charge is 0.350 e. The molecule has 0 fully saturated rings. The molecule has 34 heavy (non-hydrogen) atoms. The van der Waals surface area contributed by atoms with Crippen molar-refractivity contribution in [1.29, 1.82) is 0 Å². The third-order valence-electron chi connectivity index (χ3n) is 5.08. The van der Waals surface area contributed by atoms with Crippen LogP contribution in [0.5, 0.6) is 0 Å². The third kappa shape index (κ3) is 4.06. The van der Waals surface area contributed by atoms with E-state index in [0.29, 0.717) is 11.4 Å². The topological polar surface area (TPSA) is 107 Å². The van der Waals surface area contributed by atoms with Crippen LogP contribution in [-0.4, -0.2) is 30.2 Å². The molecule has 0 bridgehead atoms. The van der Waals surface area contributed by atoms with Gasteiger partial charge in [-0.2, -0.15) is 4.98 Å². The lowest BCUT2D eigenvalue weighted by Gasteiger charge is -2.06. The van der Waals surface area contributed by atoms with E-state index < -0.39 is 29.8 Å². The van der Waals surface area contributed by atoms with Crippen LogP contribution in [0.1, 0.15) is 5.56 Å². The molecule has 5 rings (SSSR count). The maximum Gasteiger partial charge on any atom is 0.350 e. The molecule has 3 heterocycles. The molecule has 1 amide bonds. The average molecular weight is 462 g/mol. The summed E-state index contributed by atoms with van der Waals surface area (Å²) in [5, 5.41) is 10.7. The fraction of sp³-hybridized carbons (Fsp3) is 0.0870. The summed E-state index contributed by atoms with van der Waals surface area (Å²) in [5.41, 5.74) is 0.976. The Bertz CT molecular complexity index is 1560. The van der Waals surface area contributed by atoms with Crippen LogP contribution >= 0.6 is 0 Å². The van der Waals surface area contributed by atoms with Gasteiger partial charge < -0.3 is 9.84 Å². The van der Waals surface area contributed by atoms with E-state index in [1.807, 2.05) is 30.3 Å². The predicted octanol–water partition coefficient (Wildman–Crippen LogP) is 2.81. The van der Waals surface area contributed by atoms with Crippen LogP contribution in [0.4, 0.5) is 8.78 Å². The molecule has 5 aromatic rings. The number of fused-ring (bicyclic) bond motifs is 1. The Labute approximate surface area is 190 Å². The van der Waals surface area contributed by atoms with E-state index >= 15 is 0 Å². The zero-order valence-electron chi connectivity index (χ0n) is 17.5. The molecule has 11 heteroatoms. The van der Waals surface area contributed by atoms with Crippen molar-refractivity contribution in [1.82, 2.24) is 29.6 Å². The minimum Gasteiger partial charge on any atom is -0.350 e. The molecule has 0 aliphatic rings. The average Bonchev–Trinajstić information content (AvgIpc) is 3.45. The van der Waals surface area contributed by atoms with Gasteiger partial charge in [-0.25, -0.2) is 22.7 Å². The van der Waals surface area contributed by atoms with Gasteiger partial charge in [0, 0.05) is 29.9 Å². The van der Waals surface area contributed by atoms with E-state index in [4.69, 9.17) is 4.52 Å². The highest BCUT2D eigenvalue weighted by Crippen LogP contribution is 2.24. The van der Waals surface area contributed by atoms with Gasteiger partial charge in [-0.05, 0) is 18.2 Å². The fourth-order valence-electron chi connectivity index (χ4n) is 3.40. The molecule has 0 saturated carbocycles. The van der Waals surface area contributed by atoms with Crippen LogP contribution < -0.4 is 11.0 Å². The summed E-state index contributed by atoms with van der Waals surface area (Å²) in [4.78, 5) is 29.5. The Morgan fingerprint density at radius 3 is 2.68 bits per heavy atom. The second kappa shape index (κ2) is 8.70. The van der Waals surface area contributed by atoms with Crippen molar-refractivity contribution in [2.75, 3.05) is 0 Å². The number of nitrogens with zero attached hydrogens (tertiary/aromatic N) is 5. The van der Waals surface area contributed by atoms with Crippen molar-refractivity contribution >= 4 is 11.6 Å². The van der Waals surface area contributed by atoms with Crippen LogP contribution in [0.2, 0.25) is 0 Å². The summed E-state index contributed by atoms with van der Waals surface area (Å²) in [6.45, 7) is -0.565. The Hall–Kier alpha value is -4.67. The van der Waals surface area contributed by atoms with E-state index in [2.05, 4.69) is 20.6 Å². The normalized spacial score (nSPS) is 11.1. The molecule has 2 aromatic carbocycles. The molecule has 0 aliphatic carbocycles. The van der Waals surface area contributed by atoms with E-state index in [9.17, 15) is 18.4 Å². The monoisotopic (exact) mass is 462 g/mol. The predicted molar refractivity (Wildman–Crippen MR) is 116 cm³/mol. The van der Waals surface area contributed by atoms with Gasteiger partial charge >= 0.3 is 5.69 Å². The van der Waals surface area contributed by atoms with Gasteiger partial charge in [0.25, 0.3) is 5.89 Å². The lowest BCUT2D eigenvalue weighted by molar-refractivity contribution is -0.122. The molecule has 1 N–H and O–H groups in total. The number of nitrogens with one attached hydrogen (secondary N) is 1. The van der Waals surface area contributed by atoms with E-state index in [1.54, 1.807) is 12.1 Å². The number of pyridine rings is 1. The molecule has 3 aromatic heterocycles. The number of aromatic nitrogens is 5. The van der Waals surface area contributed by atoms with Gasteiger partial charge in [0.15, 0.2) is 5.65 Å². The Morgan fingerprint density at radius 2 is 1.88 bits per heavy atom. The molecule has 0 saturated heterocycles. The zero-order chi connectivity index (χ0) is 23.7. The summed E-state index contributed by atoms with van der Waals surface area (Å²) in [6, 6.07) is 15.6. The third-order valence-corrected chi connectivity index (χ3v) is 5.08. The number of rotatable bonds is 6. The van der Waals surface area contributed by atoms with Gasteiger partial charge in [-0.15, -0.1) is 5.10 Å². The lowest BCUT2D eigenvalue weighted by Crippen LogP contribution is -2.32. The lowest BCUT2D eigenvalue weighted by atomic mass is 10.2. The Morgan fingerprint density at radius 1 is 1.06 bits per heavy atom. The Kier molecular flexibility index (Phi) is 5.42. The van der Waals surface area contributed by atoms with Gasteiger partial charge in [-0.1, -0.05) is 41.6 Å². The number of carbonyl (C=O) groups excluding carboxylic acids is 1. The van der Waals surface area contributed by atoms with Crippen molar-refractivity contribution < 1.29 is 18.1 Å². The number of carbonyl (C=O) groups is 1. The van der Waals surface area contributed by atoms with E-state index in [0.717, 1.165) is 22.4 Å². The van der Waals surface area contributed by atoms with Crippen molar-refractivity contribution in [2.45, 2.75) is 13.1 Å². The molecule has 0 radical (unpaired) electrons. The smallest absolute Gasteiger partial charge is 0.350 e. The van der Waals surface area contributed by atoms with Crippen LogP contribution in [0.25, 0.3) is 28.5 Å². The minimum atomic E-state index is -0.774. The highest BCUT2D eigenvalue weighted by molar-refractivity contribution is 5.76. The van der Waals surface area contributed by atoms with E-state index in [1.165, 1.54) is 16.7 Å². The van der Waals surface area contributed by atoms with Crippen molar-refractivity contribution in [3.63, 3.8) is 0 Å². The van der Waals surface area contributed by atoms with Crippen LogP contribution in [-0.2, 0) is 17.9 Å². The van der Waals surface area contributed by atoms with Crippen LogP contribution in [0, 0.1) is 11.6 Å². The maximum atomic E-state index is 13.8. The number of amides is 1. The number of hydrogen-bond acceptors (Lipinski definition) is 6. The maximum absolute atomic E-state index is 13.8. The number of halogens is 2. The summed E-state index contributed by atoms with van der Waals surface area (Å²) in [5.74, 6) is -1.51. The molecular weight excluding hydrogens is 446 g/mol. The minimum absolute atomic E-state index is 0.116. The quantitative estimate of drug-likeness (QED) is 0.416. The summed E-state index contributed by atoms with van der Waals surface area (Å²) in [6.07, 6.45) is 1.50. The zero-order valence-corrected chi connectivity index (χ0v) is 17.5. The van der Waals surface area contributed by atoms with Crippen molar-refractivity contribution in [3.05, 3.63) is 94.5 Å². The SMILES string of the molecule is O=C(Cn1nc2c(-c3nc(-c4ccccc4)no3)cccn2c1=O)NCc1ccc(F)cc1F. The molecular formula is C23H16F2N6O3. The summed E-state index contributed by atoms with van der Waals surface area (Å²) >= 11 is 0. The Balaban J connectivity index is 1.38. The second-order valence-electron chi connectivity index (χ2n) is 7.36. The molecule has 0 unspecified atom stereocenters.